The van der Waals surface area contributed by atoms with E-state index >= 15 is 0 Å². The molecular formula is C21H15N. The van der Waals surface area contributed by atoms with Crippen LogP contribution in [0.1, 0.15) is 5.56 Å². The Morgan fingerprint density at radius 2 is 1.50 bits per heavy atom. The molecule has 0 amide bonds. The van der Waals surface area contributed by atoms with Gasteiger partial charge < -0.3 is 5.73 Å². The van der Waals surface area contributed by atoms with Crippen molar-refractivity contribution in [3.05, 3.63) is 77.2 Å². The molecule has 1 aliphatic rings. The third kappa shape index (κ3) is 1.48. The maximum Gasteiger partial charge on any atom is 0.0127 e. The lowest BCUT2D eigenvalue weighted by Gasteiger charge is -2.16. The molecule has 0 bridgehead atoms. The van der Waals surface area contributed by atoms with E-state index in [0.29, 0.717) is 0 Å². The molecule has 0 saturated heterocycles. The molecule has 0 aromatic heterocycles. The fraction of sp³-hybridized carbons (Fsp3) is 0.0476. The number of fused-ring (bicyclic) bond motifs is 4. The van der Waals surface area contributed by atoms with Crippen molar-refractivity contribution in [2.24, 2.45) is 5.73 Å². The molecule has 1 nitrogen and oxygen atoms in total. The molecule has 0 fully saturated rings. The summed E-state index contributed by atoms with van der Waals surface area (Å²) in [5.41, 5.74) is 8.31. The van der Waals surface area contributed by atoms with E-state index in [2.05, 4.69) is 60.7 Å². The third-order valence-electron chi connectivity index (χ3n) is 4.72. The van der Waals surface area contributed by atoms with Gasteiger partial charge in [0.1, 0.15) is 0 Å². The zero-order valence-corrected chi connectivity index (χ0v) is 12.1. The SMILES string of the molecule is NC1=CC=c2c(cc3cccc4cc5ccccc5c2c34)C1. The number of hydrogen-bond donors (Lipinski definition) is 1. The van der Waals surface area contributed by atoms with Crippen LogP contribution in [-0.4, -0.2) is 0 Å². The second-order valence-corrected chi connectivity index (χ2v) is 6.09. The Morgan fingerprint density at radius 3 is 2.41 bits per heavy atom. The number of rotatable bonds is 0. The summed E-state index contributed by atoms with van der Waals surface area (Å²) < 4.78 is 0. The molecule has 5 rings (SSSR count). The minimum atomic E-state index is 0.838. The lowest BCUT2D eigenvalue weighted by molar-refractivity contribution is 1.10. The van der Waals surface area contributed by atoms with Crippen molar-refractivity contribution in [3.63, 3.8) is 0 Å². The van der Waals surface area contributed by atoms with Crippen molar-refractivity contribution < 1.29 is 0 Å². The second-order valence-electron chi connectivity index (χ2n) is 6.09. The first-order valence-corrected chi connectivity index (χ1v) is 7.63. The quantitative estimate of drug-likeness (QED) is 0.382. The van der Waals surface area contributed by atoms with Gasteiger partial charge >= 0.3 is 0 Å². The van der Waals surface area contributed by atoms with Crippen molar-refractivity contribution in [1.29, 1.82) is 0 Å². The largest absolute Gasteiger partial charge is 0.402 e. The third-order valence-corrected chi connectivity index (χ3v) is 4.72. The topological polar surface area (TPSA) is 26.0 Å². The lowest BCUT2D eigenvalue weighted by atomic mass is 9.89. The van der Waals surface area contributed by atoms with Crippen LogP contribution in [0.15, 0.2) is 66.4 Å². The van der Waals surface area contributed by atoms with E-state index in [9.17, 15) is 0 Å². The molecule has 4 aromatic carbocycles. The van der Waals surface area contributed by atoms with Crippen LogP contribution in [0.4, 0.5) is 0 Å². The van der Waals surface area contributed by atoms with Crippen LogP contribution in [0.2, 0.25) is 0 Å². The number of hydrogen-bond acceptors (Lipinski definition) is 1. The van der Waals surface area contributed by atoms with Crippen molar-refractivity contribution in [2.45, 2.75) is 6.42 Å². The highest BCUT2D eigenvalue weighted by molar-refractivity contribution is 6.21. The van der Waals surface area contributed by atoms with Gasteiger partial charge in [0.05, 0.1) is 0 Å². The smallest absolute Gasteiger partial charge is 0.0127 e. The van der Waals surface area contributed by atoms with Crippen LogP contribution in [0.5, 0.6) is 0 Å². The van der Waals surface area contributed by atoms with Crippen LogP contribution in [-0.2, 0) is 6.42 Å². The molecule has 0 aliphatic heterocycles. The summed E-state index contributed by atoms with van der Waals surface area (Å²) in [6.07, 6.45) is 5.07. The van der Waals surface area contributed by atoms with Crippen LogP contribution in [0.25, 0.3) is 38.4 Å². The Hall–Kier alpha value is -2.80. The van der Waals surface area contributed by atoms with E-state index in [1.54, 1.807) is 0 Å². The van der Waals surface area contributed by atoms with E-state index in [4.69, 9.17) is 5.73 Å². The minimum Gasteiger partial charge on any atom is -0.402 e. The zero-order valence-electron chi connectivity index (χ0n) is 12.1. The molecular weight excluding hydrogens is 266 g/mol. The minimum absolute atomic E-state index is 0.838. The molecule has 1 aliphatic carbocycles. The number of allylic oxidation sites excluding steroid dienone is 2. The summed E-state index contributed by atoms with van der Waals surface area (Å²) in [6, 6.07) is 19.8. The monoisotopic (exact) mass is 281 g/mol. The molecule has 0 radical (unpaired) electrons. The van der Waals surface area contributed by atoms with Crippen molar-refractivity contribution >= 4 is 38.4 Å². The van der Waals surface area contributed by atoms with E-state index in [1.807, 2.05) is 6.08 Å². The van der Waals surface area contributed by atoms with Gasteiger partial charge in [-0.1, -0.05) is 54.6 Å². The molecule has 0 heterocycles. The Labute approximate surface area is 128 Å². The van der Waals surface area contributed by atoms with E-state index in [1.165, 1.54) is 43.1 Å². The van der Waals surface area contributed by atoms with Crippen molar-refractivity contribution in [2.75, 3.05) is 0 Å². The van der Waals surface area contributed by atoms with Crippen LogP contribution in [0.3, 0.4) is 0 Å². The van der Waals surface area contributed by atoms with Gasteiger partial charge in [0.25, 0.3) is 0 Å². The highest BCUT2D eigenvalue weighted by Crippen LogP contribution is 2.32. The van der Waals surface area contributed by atoms with Gasteiger partial charge in [-0.3, -0.25) is 0 Å². The van der Waals surface area contributed by atoms with Gasteiger partial charge in [0.2, 0.25) is 0 Å². The standard InChI is InChI=1S/C21H15N/c22-17-8-9-19-16(12-17)11-15-6-3-5-14-10-13-4-1-2-7-18(13)21(19)20(14)15/h1-11H,12,22H2. The Bertz CT molecular complexity index is 1150. The maximum absolute atomic E-state index is 6.05. The highest BCUT2D eigenvalue weighted by atomic mass is 14.6. The maximum atomic E-state index is 6.05. The van der Waals surface area contributed by atoms with Gasteiger partial charge in [0.15, 0.2) is 0 Å². The summed E-state index contributed by atoms with van der Waals surface area (Å²) in [5.74, 6) is 0. The fourth-order valence-corrected chi connectivity index (χ4v) is 3.78. The molecule has 4 aromatic rings. The summed E-state index contributed by atoms with van der Waals surface area (Å²) in [4.78, 5) is 0. The average molecular weight is 281 g/mol. The molecule has 1 heteroatoms. The summed E-state index contributed by atoms with van der Waals surface area (Å²) in [7, 11) is 0. The Morgan fingerprint density at radius 1 is 0.727 bits per heavy atom. The predicted octanol–water partition coefficient (Wildman–Crippen LogP) is 4.04. The van der Waals surface area contributed by atoms with Gasteiger partial charge in [-0.25, -0.2) is 0 Å². The average Bonchev–Trinajstić information content (AvgIpc) is 2.54. The van der Waals surface area contributed by atoms with Crippen LogP contribution < -0.4 is 11.0 Å². The molecule has 0 atom stereocenters. The number of benzene rings is 4. The van der Waals surface area contributed by atoms with Crippen molar-refractivity contribution in [3.8, 4) is 0 Å². The first-order valence-electron chi connectivity index (χ1n) is 7.63. The normalized spacial score (nSPS) is 14.1. The number of nitrogens with two attached hydrogens (primary N) is 1. The van der Waals surface area contributed by atoms with E-state index in [-0.39, 0.29) is 0 Å². The molecule has 2 N–H and O–H groups in total. The molecule has 104 valence electrons. The molecule has 0 spiro atoms. The summed E-state index contributed by atoms with van der Waals surface area (Å²) >= 11 is 0. The molecule has 0 unspecified atom stereocenters. The van der Waals surface area contributed by atoms with Gasteiger partial charge in [-0.05, 0) is 55.2 Å². The van der Waals surface area contributed by atoms with E-state index < -0.39 is 0 Å². The fourth-order valence-electron chi connectivity index (χ4n) is 3.78. The highest BCUT2D eigenvalue weighted by Gasteiger charge is 2.13. The predicted molar refractivity (Wildman–Crippen MR) is 94.6 cm³/mol. The van der Waals surface area contributed by atoms with Gasteiger partial charge in [-0.15, -0.1) is 0 Å². The molecule has 22 heavy (non-hydrogen) atoms. The molecule has 0 saturated carbocycles. The lowest BCUT2D eigenvalue weighted by Crippen LogP contribution is -2.18. The second kappa shape index (κ2) is 4.11. The zero-order chi connectivity index (χ0) is 14.7. The Kier molecular flexibility index (Phi) is 2.21. The first-order chi connectivity index (χ1) is 10.8. The van der Waals surface area contributed by atoms with Crippen molar-refractivity contribution in [1.82, 2.24) is 0 Å². The van der Waals surface area contributed by atoms with Crippen LogP contribution >= 0.6 is 0 Å². The van der Waals surface area contributed by atoms with Gasteiger partial charge in [-0.2, -0.15) is 0 Å². The first kappa shape index (κ1) is 11.8. The van der Waals surface area contributed by atoms with Crippen LogP contribution in [0, 0.1) is 0 Å². The Balaban J connectivity index is 2.18. The van der Waals surface area contributed by atoms with E-state index in [0.717, 1.165) is 12.1 Å². The summed E-state index contributed by atoms with van der Waals surface area (Å²) in [6.45, 7) is 0. The summed E-state index contributed by atoms with van der Waals surface area (Å²) in [5, 5.41) is 9.30. The van der Waals surface area contributed by atoms with Gasteiger partial charge in [0, 0.05) is 12.1 Å².